The molecule has 2 N–H and O–H groups in total. The molecule has 2 heterocycles. The average molecular weight is 481 g/mol. The maximum atomic E-state index is 13.3. The first-order valence-electron chi connectivity index (χ1n) is 10.7. The molecule has 1 aliphatic carbocycles. The predicted octanol–water partition coefficient (Wildman–Crippen LogP) is 6.10. The Morgan fingerprint density at radius 2 is 1.79 bits per heavy atom. The van der Waals surface area contributed by atoms with Crippen LogP contribution in [0.15, 0.2) is 66.0 Å². The number of benzene rings is 2. The summed E-state index contributed by atoms with van der Waals surface area (Å²) in [5.74, 6) is 0.226. The molecule has 8 heteroatoms. The monoisotopic (exact) mass is 480 g/mol. The number of ketones is 1. The lowest BCUT2D eigenvalue weighted by Gasteiger charge is -2.39. The number of hydrogen-bond acceptors (Lipinski definition) is 4. The molecule has 3 aromatic rings. The molecule has 1 aromatic heterocycles. The van der Waals surface area contributed by atoms with E-state index >= 15 is 0 Å². The van der Waals surface area contributed by atoms with Gasteiger partial charge in [0.15, 0.2) is 5.78 Å². The van der Waals surface area contributed by atoms with Gasteiger partial charge >= 0.3 is 0 Å². The van der Waals surface area contributed by atoms with Crippen molar-refractivity contribution in [1.29, 1.82) is 0 Å². The maximum Gasteiger partial charge on any atom is 0.261 e. The summed E-state index contributed by atoms with van der Waals surface area (Å²) in [5.41, 5.74) is 2.80. The van der Waals surface area contributed by atoms with E-state index in [0.717, 1.165) is 5.70 Å². The Labute approximate surface area is 201 Å². The first-order valence-corrected chi connectivity index (χ1v) is 11.4. The zero-order valence-corrected chi connectivity index (χ0v) is 19.7. The van der Waals surface area contributed by atoms with E-state index in [1.165, 1.54) is 6.20 Å². The number of fused-ring (bicyclic) bond motifs is 1. The molecule has 0 saturated heterocycles. The van der Waals surface area contributed by atoms with Crippen LogP contribution in [-0.2, 0) is 4.79 Å². The Morgan fingerprint density at radius 1 is 1.09 bits per heavy atom. The van der Waals surface area contributed by atoms with Crippen LogP contribution in [0.3, 0.4) is 0 Å². The number of nitrogens with one attached hydrogen (secondary N) is 2. The van der Waals surface area contributed by atoms with Crippen LogP contribution >= 0.6 is 23.2 Å². The first kappa shape index (κ1) is 21.7. The molecule has 1 unspecified atom stereocenters. The predicted molar refractivity (Wildman–Crippen MR) is 130 cm³/mol. The van der Waals surface area contributed by atoms with Gasteiger partial charge in [0.05, 0.1) is 6.20 Å². The second kappa shape index (κ2) is 8.04. The summed E-state index contributed by atoms with van der Waals surface area (Å²) >= 11 is 13.2. The van der Waals surface area contributed by atoms with Gasteiger partial charge in [-0.1, -0.05) is 61.3 Å². The molecule has 0 spiro atoms. The Balaban J connectivity index is 1.65. The fourth-order valence-electron chi connectivity index (χ4n) is 4.64. The number of anilines is 2. The van der Waals surface area contributed by atoms with Gasteiger partial charge in [-0.05, 0) is 36.1 Å². The van der Waals surface area contributed by atoms with E-state index in [0.29, 0.717) is 51.1 Å². The smallest absolute Gasteiger partial charge is 0.261 e. The molecule has 5 rings (SSSR count). The van der Waals surface area contributed by atoms with Gasteiger partial charge in [-0.2, -0.15) is 5.10 Å². The van der Waals surface area contributed by atoms with Gasteiger partial charge in [0.25, 0.3) is 5.91 Å². The van der Waals surface area contributed by atoms with Crippen molar-refractivity contribution in [3.05, 3.63) is 87.2 Å². The number of nitrogens with zero attached hydrogens (tertiary/aromatic N) is 2. The molecule has 33 heavy (non-hydrogen) atoms. The lowest BCUT2D eigenvalue weighted by molar-refractivity contribution is -0.118. The third kappa shape index (κ3) is 3.83. The van der Waals surface area contributed by atoms with Gasteiger partial charge < -0.3 is 10.6 Å². The number of aromatic nitrogens is 2. The summed E-state index contributed by atoms with van der Waals surface area (Å²) in [6.45, 7) is 4.12. The van der Waals surface area contributed by atoms with E-state index in [1.807, 2.05) is 30.3 Å². The summed E-state index contributed by atoms with van der Waals surface area (Å²) in [7, 11) is 0. The standard InChI is InChI=1S/C25H22Cl2N4O2/c1-25(2)11-18-21(19(32)12-25)22(20-16(26)9-6-10-17(20)27)31-23(30-18)15(13-28-31)24(33)29-14-7-4-3-5-8-14/h3-10,13,22,30H,11-12H2,1-2H3,(H,29,33). The van der Waals surface area contributed by atoms with Gasteiger partial charge in [-0.25, -0.2) is 4.68 Å². The van der Waals surface area contributed by atoms with E-state index in [4.69, 9.17) is 23.2 Å². The molecule has 0 saturated carbocycles. The minimum Gasteiger partial charge on any atom is -0.343 e. The topological polar surface area (TPSA) is 76.0 Å². The third-order valence-electron chi connectivity index (χ3n) is 6.05. The summed E-state index contributed by atoms with van der Waals surface area (Å²) in [6, 6.07) is 13.8. The van der Waals surface area contributed by atoms with E-state index in [2.05, 4.69) is 29.6 Å². The fraction of sp³-hybridized carbons (Fsp3) is 0.240. The molecule has 1 amide bonds. The van der Waals surface area contributed by atoms with Crippen LogP contribution in [-0.4, -0.2) is 21.5 Å². The van der Waals surface area contributed by atoms with Gasteiger partial charge in [0.1, 0.15) is 17.4 Å². The number of amides is 1. The zero-order valence-electron chi connectivity index (χ0n) is 18.2. The van der Waals surface area contributed by atoms with Crippen molar-refractivity contribution in [2.45, 2.75) is 32.7 Å². The minimum absolute atomic E-state index is 0.0196. The molecule has 2 aliphatic rings. The third-order valence-corrected chi connectivity index (χ3v) is 6.71. The second-order valence-corrected chi connectivity index (χ2v) is 9.98. The molecule has 1 aliphatic heterocycles. The largest absolute Gasteiger partial charge is 0.343 e. The number of rotatable bonds is 3. The Bertz CT molecular complexity index is 1290. The van der Waals surface area contributed by atoms with Crippen LogP contribution in [0.5, 0.6) is 0 Å². The highest BCUT2D eigenvalue weighted by Gasteiger charge is 2.43. The van der Waals surface area contributed by atoms with Crippen molar-refractivity contribution in [3.63, 3.8) is 0 Å². The van der Waals surface area contributed by atoms with E-state index in [-0.39, 0.29) is 17.1 Å². The number of Topliss-reactive ketones (excluding diaryl/α,β-unsaturated/α-hetero) is 1. The summed E-state index contributed by atoms with van der Waals surface area (Å²) in [6.07, 6.45) is 2.56. The Hall–Kier alpha value is -3.09. The lowest BCUT2D eigenvalue weighted by atomic mass is 9.73. The summed E-state index contributed by atoms with van der Waals surface area (Å²) in [5, 5.41) is 11.6. The van der Waals surface area contributed by atoms with Crippen molar-refractivity contribution in [2.75, 3.05) is 10.6 Å². The van der Waals surface area contributed by atoms with Crippen LogP contribution < -0.4 is 10.6 Å². The first-order chi connectivity index (χ1) is 15.7. The summed E-state index contributed by atoms with van der Waals surface area (Å²) in [4.78, 5) is 26.5. The second-order valence-electron chi connectivity index (χ2n) is 9.17. The van der Waals surface area contributed by atoms with Crippen LogP contribution in [0.2, 0.25) is 10.0 Å². The van der Waals surface area contributed by atoms with Crippen molar-refractivity contribution < 1.29 is 9.59 Å². The Morgan fingerprint density at radius 3 is 2.48 bits per heavy atom. The van der Waals surface area contributed by atoms with Gasteiger partial charge in [0.2, 0.25) is 0 Å². The molecule has 1 atom stereocenters. The number of carbonyl (C=O) groups excluding carboxylic acids is 2. The summed E-state index contributed by atoms with van der Waals surface area (Å²) < 4.78 is 1.64. The number of halogens is 2. The molecule has 168 valence electrons. The van der Waals surface area contributed by atoms with Gasteiger partial charge in [-0.3, -0.25) is 9.59 Å². The molecular formula is C25H22Cl2N4O2. The van der Waals surface area contributed by atoms with Crippen LogP contribution in [0, 0.1) is 5.41 Å². The molecule has 0 fully saturated rings. The molecule has 2 aromatic carbocycles. The maximum absolute atomic E-state index is 13.3. The number of carbonyl (C=O) groups is 2. The van der Waals surface area contributed by atoms with Gasteiger partial charge in [-0.15, -0.1) is 0 Å². The molecule has 6 nitrogen and oxygen atoms in total. The lowest BCUT2D eigenvalue weighted by Crippen LogP contribution is -2.37. The number of hydrogen-bond donors (Lipinski definition) is 2. The normalized spacial score (nSPS) is 18.9. The number of para-hydroxylation sites is 1. The van der Waals surface area contributed by atoms with Crippen LogP contribution in [0.1, 0.15) is 48.7 Å². The molecular weight excluding hydrogens is 459 g/mol. The highest BCUT2D eigenvalue weighted by molar-refractivity contribution is 6.36. The van der Waals surface area contributed by atoms with Crippen molar-refractivity contribution >= 4 is 46.4 Å². The quantitative estimate of drug-likeness (QED) is 0.474. The number of allylic oxidation sites excluding steroid dienone is 2. The zero-order chi connectivity index (χ0) is 23.3. The van der Waals surface area contributed by atoms with Crippen molar-refractivity contribution in [3.8, 4) is 0 Å². The highest BCUT2D eigenvalue weighted by atomic mass is 35.5. The Kier molecular flexibility index (Phi) is 5.30. The minimum atomic E-state index is -0.626. The van der Waals surface area contributed by atoms with Crippen molar-refractivity contribution in [2.24, 2.45) is 5.41 Å². The van der Waals surface area contributed by atoms with Gasteiger partial charge in [0, 0.05) is 39.0 Å². The van der Waals surface area contributed by atoms with E-state index in [9.17, 15) is 9.59 Å². The van der Waals surface area contributed by atoms with E-state index < -0.39 is 6.04 Å². The highest BCUT2D eigenvalue weighted by Crippen LogP contribution is 2.48. The van der Waals surface area contributed by atoms with Crippen LogP contribution in [0.4, 0.5) is 11.5 Å². The van der Waals surface area contributed by atoms with Crippen LogP contribution in [0.25, 0.3) is 0 Å². The molecule has 0 bridgehead atoms. The molecule has 0 radical (unpaired) electrons. The average Bonchev–Trinajstić information content (AvgIpc) is 3.16. The van der Waals surface area contributed by atoms with Crippen molar-refractivity contribution in [1.82, 2.24) is 9.78 Å². The fourth-order valence-corrected chi connectivity index (χ4v) is 5.24. The SMILES string of the molecule is CC1(C)CC(=O)C2=C(C1)Nc1c(C(=O)Nc3ccccc3)cnn1C2c1c(Cl)cccc1Cl. The van der Waals surface area contributed by atoms with E-state index in [1.54, 1.807) is 22.9 Å².